The molecule has 1 amide bonds. The van der Waals surface area contributed by atoms with Crippen LogP contribution in [0.25, 0.3) is 10.9 Å². The fourth-order valence-corrected chi connectivity index (χ4v) is 3.88. The van der Waals surface area contributed by atoms with Crippen molar-refractivity contribution in [2.75, 3.05) is 6.54 Å². The lowest BCUT2D eigenvalue weighted by atomic mass is 10.2. The molecule has 4 aromatic rings. The highest BCUT2D eigenvalue weighted by Gasteiger charge is 2.27. The van der Waals surface area contributed by atoms with Crippen molar-refractivity contribution in [3.63, 3.8) is 0 Å². The van der Waals surface area contributed by atoms with E-state index in [-0.39, 0.29) is 5.91 Å². The molecule has 146 valence electrons. The number of ether oxygens (including phenoxy) is 1. The lowest BCUT2D eigenvalue weighted by Gasteiger charge is -2.27. The first-order valence-corrected chi connectivity index (χ1v) is 9.76. The summed E-state index contributed by atoms with van der Waals surface area (Å²) in [6.45, 7) is 2.27. The van der Waals surface area contributed by atoms with Crippen LogP contribution in [0, 0.1) is 0 Å². The van der Waals surface area contributed by atoms with Crippen molar-refractivity contribution in [3.05, 3.63) is 83.8 Å². The molecule has 0 atom stereocenters. The summed E-state index contributed by atoms with van der Waals surface area (Å²) < 4.78 is 9.73. The van der Waals surface area contributed by atoms with Gasteiger partial charge in [-0.25, -0.2) is 0 Å². The van der Waals surface area contributed by atoms with E-state index >= 15 is 0 Å². The van der Waals surface area contributed by atoms with E-state index in [1.165, 1.54) is 10.9 Å². The monoisotopic (exact) mass is 386 g/mol. The molecule has 5 rings (SSSR count). The Morgan fingerprint density at radius 2 is 1.79 bits per heavy atom. The van der Waals surface area contributed by atoms with Gasteiger partial charge < -0.3 is 14.2 Å². The van der Waals surface area contributed by atoms with Gasteiger partial charge in [0.25, 0.3) is 5.91 Å². The summed E-state index contributed by atoms with van der Waals surface area (Å²) in [5.41, 5.74) is 3.70. The van der Waals surface area contributed by atoms with Crippen LogP contribution in [0.4, 0.5) is 0 Å². The molecule has 29 heavy (non-hydrogen) atoms. The maximum Gasteiger partial charge on any atom is 0.272 e. The van der Waals surface area contributed by atoms with Crippen molar-refractivity contribution in [1.29, 1.82) is 0 Å². The highest BCUT2D eigenvalue weighted by Crippen LogP contribution is 2.22. The maximum atomic E-state index is 13.1. The van der Waals surface area contributed by atoms with E-state index in [1.807, 2.05) is 53.4 Å². The lowest BCUT2D eigenvalue weighted by Crippen LogP contribution is -2.40. The minimum absolute atomic E-state index is 0.0139. The van der Waals surface area contributed by atoms with Crippen LogP contribution in [0.1, 0.15) is 21.9 Å². The number of aromatic nitrogens is 3. The quantitative estimate of drug-likeness (QED) is 0.527. The van der Waals surface area contributed by atoms with E-state index in [0.717, 1.165) is 17.1 Å². The van der Waals surface area contributed by atoms with E-state index in [0.29, 0.717) is 31.9 Å². The summed E-state index contributed by atoms with van der Waals surface area (Å²) in [5.74, 6) is 0.808. The topological polar surface area (TPSA) is 52.3 Å². The molecular formula is C23H22N4O2. The first kappa shape index (κ1) is 17.6. The molecular weight excluding hydrogens is 364 g/mol. The van der Waals surface area contributed by atoms with Gasteiger partial charge in [-0.15, -0.1) is 0 Å². The number of fused-ring (bicyclic) bond motifs is 2. The largest absolute Gasteiger partial charge is 0.487 e. The van der Waals surface area contributed by atoms with Gasteiger partial charge in [-0.1, -0.05) is 36.4 Å². The SMILES string of the molecule is Cn1c(CN2CCn3nc(COc4ccccc4)cc3C2=O)cc2ccccc21. The minimum Gasteiger partial charge on any atom is -0.487 e. The van der Waals surface area contributed by atoms with Gasteiger partial charge in [-0.3, -0.25) is 9.48 Å². The Labute approximate surface area is 168 Å². The van der Waals surface area contributed by atoms with Gasteiger partial charge in [-0.05, 0) is 35.7 Å². The first-order chi connectivity index (χ1) is 14.2. The van der Waals surface area contributed by atoms with E-state index in [1.54, 1.807) is 4.68 Å². The van der Waals surface area contributed by atoms with Gasteiger partial charge in [0.05, 0.1) is 13.1 Å². The van der Waals surface area contributed by atoms with Gasteiger partial charge in [0.1, 0.15) is 23.7 Å². The van der Waals surface area contributed by atoms with Crippen LogP contribution in [-0.2, 0) is 26.7 Å². The number of carbonyl (C=O) groups is 1. The average molecular weight is 386 g/mol. The van der Waals surface area contributed by atoms with Crippen molar-refractivity contribution < 1.29 is 9.53 Å². The van der Waals surface area contributed by atoms with Crippen LogP contribution in [0.2, 0.25) is 0 Å². The Balaban J connectivity index is 1.32. The molecule has 0 radical (unpaired) electrons. The third kappa shape index (κ3) is 3.27. The minimum atomic E-state index is 0.0139. The first-order valence-electron chi connectivity index (χ1n) is 9.76. The molecule has 2 aromatic carbocycles. The zero-order chi connectivity index (χ0) is 19.8. The predicted molar refractivity (Wildman–Crippen MR) is 111 cm³/mol. The summed E-state index contributed by atoms with van der Waals surface area (Å²) in [4.78, 5) is 14.9. The molecule has 2 aromatic heterocycles. The van der Waals surface area contributed by atoms with E-state index in [2.05, 4.69) is 34.9 Å². The molecule has 0 unspecified atom stereocenters. The van der Waals surface area contributed by atoms with Crippen LogP contribution in [0.5, 0.6) is 5.75 Å². The number of hydrogen-bond acceptors (Lipinski definition) is 3. The average Bonchev–Trinajstić information content (AvgIpc) is 3.31. The number of para-hydroxylation sites is 2. The Kier molecular flexibility index (Phi) is 4.31. The number of hydrogen-bond donors (Lipinski definition) is 0. The number of nitrogens with zero attached hydrogens (tertiary/aromatic N) is 4. The Bertz CT molecular complexity index is 1180. The van der Waals surface area contributed by atoms with E-state index in [4.69, 9.17) is 4.74 Å². The van der Waals surface area contributed by atoms with E-state index in [9.17, 15) is 4.79 Å². The second-order valence-corrected chi connectivity index (χ2v) is 7.33. The molecule has 0 N–H and O–H groups in total. The maximum absolute atomic E-state index is 13.1. The second-order valence-electron chi connectivity index (χ2n) is 7.33. The standard InChI is InChI=1S/C23H22N4O2/c1-25-19(13-17-7-5-6-10-21(17)25)15-26-11-12-27-22(23(26)28)14-18(24-27)16-29-20-8-3-2-4-9-20/h2-10,13-14H,11-12,15-16H2,1H3. The van der Waals surface area contributed by atoms with Crippen molar-refractivity contribution in [2.24, 2.45) is 7.05 Å². The smallest absolute Gasteiger partial charge is 0.272 e. The predicted octanol–water partition coefficient (Wildman–Crippen LogP) is 3.61. The molecule has 0 spiro atoms. The van der Waals surface area contributed by atoms with Gasteiger partial charge in [0.15, 0.2) is 0 Å². The fourth-order valence-electron chi connectivity index (χ4n) is 3.88. The third-order valence-corrected chi connectivity index (χ3v) is 5.45. The molecule has 0 saturated heterocycles. The van der Waals surface area contributed by atoms with Gasteiger partial charge in [0.2, 0.25) is 0 Å². The van der Waals surface area contributed by atoms with Crippen molar-refractivity contribution in [1.82, 2.24) is 19.2 Å². The van der Waals surface area contributed by atoms with Crippen LogP contribution < -0.4 is 4.74 Å². The number of aryl methyl sites for hydroxylation is 1. The lowest BCUT2D eigenvalue weighted by molar-refractivity contribution is 0.0680. The highest BCUT2D eigenvalue weighted by molar-refractivity contribution is 5.93. The summed E-state index contributed by atoms with van der Waals surface area (Å²) >= 11 is 0. The molecule has 0 bridgehead atoms. The molecule has 6 heteroatoms. The Hall–Kier alpha value is -3.54. The summed E-state index contributed by atoms with van der Waals surface area (Å²) in [6, 6.07) is 21.9. The second kappa shape index (κ2) is 7.13. The van der Waals surface area contributed by atoms with E-state index < -0.39 is 0 Å². The molecule has 3 heterocycles. The highest BCUT2D eigenvalue weighted by atomic mass is 16.5. The summed E-state index contributed by atoms with van der Waals surface area (Å²) in [7, 11) is 2.05. The number of carbonyl (C=O) groups excluding carboxylic acids is 1. The van der Waals surface area contributed by atoms with Crippen molar-refractivity contribution >= 4 is 16.8 Å². The zero-order valence-corrected chi connectivity index (χ0v) is 16.3. The molecule has 1 aliphatic rings. The molecule has 0 aliphatic carbocycles. The third-order valence-electron chi connectivity index (χ3n) is 5.45. The fraction of sp³-hybridized carbons (Fsp3) is 0.217. The van der Waals surface area contributed by atoms with Crippen molar-refractivity contribution in [3.8, 4) is 5.75 Å². The normalized spacial score (nSPS) is 13.7. The van der Waals surface area contributed by atoms with Crippen LogP contribution in [-0.4, -0.2) is 31.7 Å². The zero-order valence-electron chi connectivity index (χ0n) is 16.3. The van der Waals surface area contributed by atoms with Crippen LogP contribution in [0.3, 0.4) is 0 Å². The van der Waals surface area contributed by atoms with Crippen LogP contribution in [0.15, 0.2) is 66.7 Å². The molecule has 1 aliphatic heterocycles. The van der Waals surface area contributed by atoms with Gasteiger partial charge in [-0.2, -0.15) is 5.10 Å². The Morgan fingerprint density at radius 1 is 1.00 bits per heavy atom. The van der Waals surface area contributed by atoms with Gasteiger partial charge in [0, 0.05) is 24.8 Å². The van der Waals surface area contributed by atoms with Gasteiger partial charge >= 0.3 is 0 Å². The van der Waals surface area contributed by atoms with Crippen LogP contribution >= 0.6 is 0 Å². The summed E-state index contributed by atoms with van der Waals surface area (Å²) in [6.07, 6.45) is 0. The number of amides is 1. The molecule has 0 saturated carbocycles. The number of benzene rings is 2. The number of rotatable bonds is 5. The summed E-state index contributed by atoms with van der Waals surface area (Å²) in [5, 5.41) is 5.74. The molecule has 0 fully saturated rings. The molecule has 6 nitrogen and oxygen atoms in total. The Morgan fingerprint density at radius 3 is 2.62 bits per heavy atom. The van der Waals surface area contributed by atoms with Crippen molar-refractivity contribution in [2.45, 2.75) is 19.7 Å².